The summed E-state index contributed by atoms with van der Waals surface area (Å²) in [4.78, 5) is 16.8. The number of carbonyl (C=O) groups is 1. The van der Waals surface area contributed by atoms with Crippen LogP contribution >= 0.6 is 0 Å². The number of hydrogen-bond donors (Lipinski definition) is 3. The molecule has 0 bridgehead atoms. The third-order valence-corrected chi connectivity index (χ3v) is 7.16. The van der Waals surface area contributed by atoms with Gasteiger partial charge in [0, 0.05) is 19.1 Å². The number of aryl methyl sites for hydroxylation is 1. The Morgan fingerprint density at radius 1 is 1.34 bits per heavy atom. The lowest BCUT2D eigenvalue weighted by atomic mass is 9.95. The van der Waals surface area contributed by atoms with Gasteiger partial charge in [-0.3, -0.25) is 4.79 Å². The number of primary amides is 1. The number of aliphatic hydroxyl groups excluding tert-OH is 1. The third kappa shape index (κ3) is 4.99. The molecule has 32 heavy (non-hydrogen) atoms. The van der Waals surface area contributed by atoms with Gasteiger partial charge in [-0.15, -0.1) is 0 Å². The van der Waals surface area contributed by atoms with Crippen molar-refractivity contribution < 1.29 is 23.3 Å². The minimum atomic E-state index is -3.87. The summed E-state index contributed by atoms with van der Waals surface area (Å²) in [5, 5.41) is 10.6. The number of amides is 1. The van der Waals surface area contributed by atoms with Gasteiger partial charge in [0.05, 0.1) is 21.5 Å². The van der Waals surface area contributed by atoms with Gasteiger partial charge in [0.1, 0.15) is 6.10 Å². The number of aliphatic hydroxyl groups is 1. The van der Waals surface area contributed by atoms with Crippen LogP contribution in [0.4, 0.5) is 4.39 Å². The minimum absolute atomic E-state index is 0.209. The van der Waals surface area contributed by atoms with Crippen molar-refractivity contribution in [3.05, 3.63) is 59.2 Å². The molecule has 7 nitrogen and oxygen atoms in total. The maximum atomic E-state index is 14.9. The first kappa shape index (κ1) is 23.9. The standard InChI is InChI=1S/C23H28FN3O4S/c1-14-10-16(11-15(2)28)4-9-20(14)17-5-7-18(8-6-17)21-12-19(31-27-21)13-23(24,22(25)29)32(3,26)30/h4-10,15,19,26,28H,11-13H2,1-3H3,(H2,25,29)/t15-,19-,23-,32?/m1/s1. The molecule has 9 heteroatoms. The highest BCUT2D eigenvalue weighted by molar-refractivity contribution is 7.93. The maximum absolute atomic E-state index is 14.9. The van der Waals surface area contributed by atoms with Gasteiger partial charge in [-0.25, -0.2) is 13.4 Å². The van der Waals surface area contributed by atoms with E-state index in [9.17, 15) is 18.5 Å². The van der Waals surface area contributed by atoms with Gasteiger partial charge in [0.15, 0.2) is 0 Å². The quantitative estimate of drug-likeness (QED) is 0.558. The van der Waals surface area contributed by atoms with Crippen LogP contribution in [0.15, 0.2) is 47.6 Å². The van der Waals surface area contributed by atoms with E-state index in [0.717, 1.165) is 34.1 Å². The number of nitrogens with one attached hydrogen (secondary N) is 1. The molecule has 2 aromatic rings. The molecule has 3 rings (SSSR count). The Morgan fingerprint density at radius 2 is 1.97 bits per heavy atom. The molecule has 0 aliphatic carbocycles. The van der Waals surface area contributed by atoms with Crippen LogP contribution in [-0.4, -0.2) is 44.4 Å². The van der Waals surface area contributed by atoms with Crippen molar-refractivity contribution in [1.82, 2.24) is 0 Å². The minimum Gasteiger partial charge on any atom is -0.393 e. The highest BCUT2D eigenvalue weighted by Gasteiger charge is 2.48. The first-order chi connectivity index (χ1) is 14.9. The summed E-state index contributed by atoms with van der Waals surface area (Å²) in [5.74, 6) is -1.43. The van der Waals surface area contributed by atoms with Gasteiger partial charge >= 0.3 is 0 Å². The second-order valence-corrected chi connectivity index (χ2v) is 10.7. The SMILES string of the molecule is Cc1cc(C[C@@H](C)O)ccc1-c1ccc(C2=NO[C@@H](C[C@](F)(C(N)=O)S(C)(=N)=O)C2)cc1. The smallest absolute Gasteiger partial charge is 0.272 e. The molecule has 0 fully saturated rings. The molecular formula is C23H28FN3O4S. The zero-order valence-corrected chi connectivity index (χ0v) is 19.1. The average Bonchev–Trinajstić information content (AvgIpc) is 3.15. The molecule has 0 saturated heterocycles. The Hall–Kier alpha value is -2.78. The van der Waals surface area contributed by atoms with E-state index in [0.29, 0.717) is 12.1 Å². The first-order valence-electron chi connectivity index (χ1n) is 10.2. The summed E-state index contributed by atoms with van der Waals surface area (Å²) in [5.41, 5.74) is 10.7. The zero-order valence-electron chi connectivity index (χ0n) is 18.3. The fourth-order valence-electron chi connectivity index (χ4n) is 3.81. The van der Waals surface area contributed by atoms with Gasteiger partial charge in [0.2, 0.25) is 0 Å². The zero-order chi connectivity index (χ0) is 23.7. The van der Waals surface area contributed by atoms with Crippen LogP contribution in [0.25, 0.3) is 11.1 Å². The highest BCUT2D eigenvalue weighted by Crippen LogP contribution is 2.31. The molecule has 0 radical (unpaired) electrons. The molecule has 0 aromatic heterocycles. The van der Waals surface area contributed by atoms with Gasteiger partial charge in [0.25, 0.3) is 10.9 Å². The molecular weight excluding hydrogens is 433 g/mol. The summed E-state index contributed by atoms with van der Waals surface area (Å²) in [6.07, 6.45) is -0.160. The second-order valence-electron chi connectivity index (χ2n) is 8.39. The van der Waals surface area contributed by atoms with Crippen molar-refractivity contribution in [1.29, 1.82) is 4.78 Å². The lowest BCUT2D eigenvalue weighted by molar-refractivity contribution is -0.126. The predicted molar refractivity (Wildman–Crippen MR) is 122 cm³/mol. The lowest BCUT2D eigenvalue weighted by Crippen LogP contribution is -2.48. The van der Waals surface area contributed by atoms with Gasteiger partial charge in [-0.1, -0.05) is 47.6 Å². The van der Waals surface area contributed by atoms with Crippen molar-refractivity contribution in [3.8, 4) is 11.1 Å². The fraction of sp³-hybridized carbons (Fsp3) is 0.391. The van der Waals surface area contributed by atoms with Gasteiger partial charge in [-0.2, -0.15) is 0 Å². The maximum Gasteiger partial charge on any atom is 0.272 e. The summed E-state index contributed by atoms with van der Waals surface area (Å²) in [6, 6.07) is 13.8. The lowest BCUT2D eigenvalue weighted by Gasteiger charge is -2.24. The summed E-state index contributed by atoms with van der Waals surface area (Å²) < 4.78 is 34.4. The topological polar surface area (TPSA) is 126 Å². The second kappa shape index (κ2) is 8.99. The summed E-state index contributed by atoms with van der Waals surface area (Å²) in [7, 11) is -3.87. The number of alkyl halides is 1. The number of rotatable bonds is 8. The largest absolute Gasteiger partial charge is 0.393 e. The Balaban J connectivity index is 1.72. The van der Waals surface area contributed by atoms with Crippen LogP contribution in [0.1, 0.15) is 36.5 Å². The molecule has 0 saturated carbocycles. The summed E-state index contributed by atoms with van der Waals surface area (Å²) >= 11 is 0. The van der Waals surface area contributed by atoms with Crippen molar-refractivity contribution >= 4 is 21.3 Å². The number of hydrogen-bond acceptors (Lipinski definition) is 6. The van der Waals surface area contributed by atoms with Gasteiger partial charge < -0.3 is 15.7 Å². The Bertz CT molecular complexity index is 1150. The molecule has 1 unspecified atom stereocenters. The van der Waals surface area contributed by atoms with E-state index in [1.807, 2.05) is 43.3 Å². The third-order valence-electron chi connectivity index (χ3n) is 5.56. The number of carbonyl (C=O) groups excluding carboxylic acids is 1. The van der Waals surface area contributed by atoms with E-state index in [-0.39, 0.29) is 6.42 Å². The Kier molecular flexibility index (Phi) is 6.71. The Labute approximate surface area is 187 Å². The number of benzene rings is 2. The van der Waals surface area contributed by atoms with Crippen molar-refractivity contribution in [2.24, 2.45) is 10.9 Å². The molecule has 1 amide bonds. The highest BCUT2D eigenvalue weighted by atomic mass is 32.2. The summed E-state index contributed by atoms with van der Waals surface area (Å²) in [6.45, 7) is 3.78. The van der Waals surface area contributed by atoms with Crippen LogP contribution < -0.4 is 5.73 Å². The van der Waals surface area contributed by atoms with E-state index < -0.39 is 39.3 Å². The number of halogens is 1. The molecule has 4 N–H and O–H groups in total. The van der Waals surface area contributed by atoms with Crippen LogP contribution in [0, 0.1) is 11.7 Å². The molecule has 1 heterocycles. The molecule has 2 aromatic carbocycles. The predicted octanol–water partition coefficient (Wildman–Crippen LogP) is 3.30. The molecule has 4 atom stereocenters. The van der Waals surface area contributed by atoms with Crippen LogP contribution in [0.5, 0.6) is 0 Å². The van der Waals surface area contributed by atoms with Crippen molar-refractivity contribution in [2.45, 2.75) is 50.3 Å². The molecule has 0 spiro atoms. The van der Waals surface area contributed by atoms with Crippen LogP contribution in [0.3, 0.4) is 0 Å². The van der Waals surface area contributed by atoms with Crippen LogP contribution in [0.2, 0.25) is 0 Å². The normalized spacial score (nSPS) is 20.5. The van der Waals surface area contributed by atoms with Crippen molar-refractivity contribution in [3.63, 3.8) is 0 Å². The fourth-order valence-corrected chi connectivity index (χ4v) is 4.70. The van der Waals surface area contributed by atoms with E-state index in [4.69, 9.17) is 15.4 Å². The van der Waals surface area contributed by atoms with E-state index in [2.05, 4.69) is 11.2 Å². The monoisotopic (exact) mass is 461 g/mol. The van der Waals surface area contributed by atoms with Gasteiger partial charge in [-0.05, 0) is 48.1 Å². The average molecular weight is 462 g/mol. The molecule has 172 valence electrons. The first-order valence-corrected chi connectivity index (χ1v) is 12.2. The van der Waals surface area contributed by atoms with Crippen LogP contribution in [-0.2, 0) is 25.8 Å². The number of oxime groups is 1. The molecule has 1 aliphatic heterocycles. The van der Waals surface area contributed by atoms with E-state index in [1.54, 1.807) is 6.92 Å². The number of nitrogens with two attached hydrogens (primary N) is 1. The van der Waals surface area contributed by atoms with E-state index in [1.165, 1.54) is 0 Å². The Morgan fingerprint density at radius 3 is 2.50 bits per heavy atom. The molecule has 1 aliphatic rings. The van der Waals surface area contributed by atoms with Crippen molar-refractivity contribution in [2.75, 3.05) is 6.26 Å². The number of nitrogens with zero attached hydrogens (tertiary/aromatic N) is 1. The van der Waals surface area contributed by atoms with E-state index >= 15 is 0 Å².